The highest BCUT2D eigenvalue weighted by Gasteiger charge is 2.38. The molecule has 1 fully saturated rings. The summed E-state index contributed by atoms with van der Waals surface area (Å²) in [5.41, 5.74) is -0.394. The predicted molar refractivity (Wildman–Crippen MR) is 94.4 cm³/mol. The first-order valence-corrected chi connectivity index (χ1v) is 9.36. The molecule has 1 aliphatic rings. The summed E-state index contributed by atoms with van der Waals surface area (Å²) in [5.74, 6) is -3.93. The third-order valence-corrected chi connectivity index (χ3v) is 5.17. The zero-order valence-electron chi connectivity index (χ0n) is 15.9. The Kier molecular flexibility index (Phi) is 6.19. The largest absolute Gasteiger partial charge is 0.573 e. The first-order chi connectivity index (χ1) is 13.9. The van der Waals surface area contributed by atoms with E-state index in [0.29, 0.717) is 23.6 Å². The van der Waals surface area contributed by atoms with E-state index in [-0.39, 0.29) is 12.0 Å². The smallest absolute Gasteiger partial charge is 0.426 e. The summed E-state index contributed by atoms with van der Waals surface area (Å²) in [4.78, 5) is 0. The molecule has 164 valence electrons. The van der Waals surface area contributed by atoms with Crippen molar-refractivity contribution in [3.8, 4) is 11.5 Å². The van der Waals surface area contributed by atoms with E-state index >= 15 is 0 Å². The van der Waals surface area contributed by atoms with Crippen LogP contribution >= 0.6 is 0 Å². The lowest BCUT2D eigenvalue weighted by atomic mass is 9.79. The molecule has 9 heteroatoms. The molecule has 0 bridgehead atoms. The third kappa shape index (κ3) is 5.37. The predicted octanol–water partition coefficient (Wildman–Crippen LogP) is 7.29. The van der Waals surface area contributed by atoms with Crippen LogP contribution < -0.4 is 9.47 Å². The van der Waals surface area contributed by atoms with Gasteiger partial charge in [-0.1, -0.05) is 25.8 Å². The average Bonchev–Trinajstić information content (AvgIpc) is 2.64. The van der Waals surface area contributed by atoms with Gasteiger partial charge in [0, 0.05) is 0 Å². The minimum absolute atomic E-state index is 0.139. The molecule has 1 aliphatic carbocycles. The van der Waals surface area contributed by atoms with E-state index in [2.05, 4.69) is 16.4 Å². The van der Waals surface area contributed by atoms with Crippen molar-refractivity contribution in [1.29, 1.82) is 0 Å². The molecule has 2 aromatic carbocycles. The molecule has 3 rings (SSSR count). The number of rotatable bonds is 5. The second kappa shape index (κ2) is 8.35. The third-order valence-electron chi connectivity index (χ3n) is 5.17. The van der Waals surface area contributed by atoms with Crippen LogP contribution in [0.3, 0.4) is 0 Å². The van der Waals surface area contributed by atoms with Crippen LogP contribution in [0.1, 0.15) is 49.7 Å². The normalized spacial score (nSPS) is 20.1. The van der Waals surface area contributed by atoms with E-state index in [1.165, 1.54) is 6.07 Å². The lowest BCUT2D eigenvalue weighted by Gasteiger charge is -2.27. The molecule has 0 saturated heterocycles. The molecule has 2 nitrogen and oxygen atoms in total. The van der Waals surface area contributed by atoms with Crippen LogP contribution in [0.15, 0.2) is 36.4 Å². The van der Waals surface area contributed by atoms with Crippen LogP contribution in [0.5, 0.6) is 11.5 Å². The van der Waals surface area contributed by atoms with Crippen molar-refractivity contribution in [1.82, 2.24) is 0 Å². The number of halogens is 7. The maximum absolute atomic E-state index is 14.4. The Labute approximate surface area is 168 Å². The van der Waals surface area contributed by atoms with Gasteiger partial charge >= 0.3 is 12.5 Å². The quantitative estimate of drug-likeness (QED) is 0.459. The van der Waals surface area contributed by atoms with Gasteiger partial charge < -0.3 is 9.47 Å². The molecule has 0 unspecified atom stereocenters. The molecule has 0 aromatic heterocycles. The Hall–Kier alpha value is -2.45. The second-order valence-electron chi connectivity index (χ2n) is 7.46. The molecular formula is C21H19F7O2. The van der Waals surface area contributed by atoms with Crippen molar-refractivity contribution < 1.29 is 40.2 Å². The number of hydrogen-bond acceptors (Lipinski definition) is 2. The molecule has 1 saturated carbocycles. The Balaban J connectivity index is 1.75. The standard InChI is InChI=1S/C21H19F7O2/c1-12-2-4-13(5-3-12)14-6-8-18(16(22)10-14)29-20(24,25)15-7-9-19(17(23)11-15)30-21(26,27)28/h6-13H,2-5H2,1H3. The number of alkyl halides is 5. The van der Waals surface area contributed by atoms with Crippen LogP contribution in [0.25, 0.3) is 0 Å². The van der Waals surface area contributed by atoms with E-state index in [0.717, 1.165) is 37.8 Å². The topological polar surface area (TPSA) is 18.5 Å². The average molecular weight is 436 g/mol. The Morgan fingerprint density at radius 2 is 1.33 bits per heavy atom. The zero-order chi connectivity index (χ0) is 22.1. The zero-order valence-corrected chi connectivity index (χ0v) is 15.9. The van der Waals surface area contributed by atoms with Gasteiger partial charge in [-0.2, -0.15) is 8.78 Å². The fourth-order valence-electron chi connectivity index (χ4n) is 3.53. The molecule has 0 amide bonds. The highest BCUT2D eigenvalue weighted by atomic mass is 19.4. The molecule has 0 atom stereocenters. The number of benzene rings is 2. The van der Waals surface area contributed by atoms with Gasteiger partial charge in [0.15, 0.2) is 23.1 Å². The van der Waals surface area contributed by atoms with Crippen molar-refractivity contribution in [2.24, 2.45) is 5.92 Å². The van der Waals surface area contributed by atoms with E-state index in [9.17, 15) is 30.7 Å². The summed E-state index contributed by atoms with van der Waals surface area (Å²) in [6.07, 6.45) is -5.60. The number of ether oxygens (including phenoxy) is 2. The van der Waals surface area contributed by atoms with Crippen molar-refractivity contribution in [3.05, 3.63) is 59.2 Å². The van der Waals surface area contributed by atoms with E-state index in [4.69, 9.17) is 0 Å². The van der Waals surface area contributed by atoms with Crippen LogP contribution in [0.4, 0.5) is 30.7 Å². The molecule has 0 spiro atoms. The van der Waals surface area contributed by atoms with Gasteiger partial charge in [0.1, 0.15) is 0 Å². The fourth-order valence-corrected chi connectivity index (χ4v) is 3.53. The van der Waals surface area contributed by atoms with Gasteiger partial charge in [0.25, 0.3) is 0 Å². The Morgan fingerprint density at radius 3 is 1.90 bits per heavy atom. The lowest BCUT2D eigenvalue weighted by Crippen LogP contribution is -2.23. The summed E-state index contributed by atoms with van der Waals surface area (Å²) in [7, 11) is 0. The van der Waals surface area contributed by atoms with Crippen LogP contribution in [0.2, 0.25) is 0 Å². The first kappa shape index (κ1) is 22.2. The highest BCUT2D eigenvalue weighted by molar-refractivity contribution is 5.34. The summed E-state index contributed by atoms with van der Waals surface area (Å²) in [6.45, 7) is 2.14. The molecule has 30 heavy (non-hydrogen) atoms. The van der Waals surface area contributed by atoms with E-state index in [1.54, 1.807) is 0 Å². The molecule has 0 N–H and O–H groups in total. The van der Waals surface area contributed by atoms with Crippen molar-refractivity contribution in [2.75, 3.05) is 0 Å². The van der Waals surface area contributed by atoms with Crippen LogP contribution in [-0.2, 0) is 6.11 Å². The van der Waals surface area contributed by atoms with Crippen LogP contribution in [0, 0.1) is 17.6 Å². The molecule has 2 aromatic rings. The van der Waals surface area contributed by atoms with Crippen molar-refractivity contribution in [2.45, 2.75) is 51.0 Å². The maximum atomic E-state index is 14.4. The summed E-state index contributed by atoms with van der Waals surface area (Å²) in [5, 5.41) is 0. The van der Waals surface area contributed by atoms with Gasteiger partial charge in [-0.05, 0) is 60.6 Å². The molecule has 0 aliphatic heterocycles. The van der Waals surface area contributed by atoms with Crippen molar-refractivity contribution in [3.63, 3.8) is 0 Å². The second-order valence-corrected chi connectivity index (χ2v) is 7.46. The van der Waals surface area contributed by atoms with Gasteiger partial charge in [-0.25, -0.2) is 8.78 Å². The Morgan fingerprint density at radius 1 is 0.767 bits per heavy atom. The summed E-state index contributed by atoms with van der Waals surface area (Å²) >= 11 is 0. The Bertz CT molecular complexity index is 887. The number of hydrogen-bond donors (Lipinski definition) is 0. The molecule has 0 heterocycles. The van der Waals surface area contributed by atoms with E-state index < -0.39 is 41.2 Å². The highest BCUT2D eigenvalue weighted by Crippen LogP contribution is 2.39. The van der Waals surface area contributed by atoms with E-state index in [1.807, 2.05) is 0 Å². The molecule has 0 radical (unpaired) electrons. The van der Waals surface area contributed by atoms with Crippen molar-refractivity contribution >= 4 is 0 Å². The first-order valence-electron chi connectivity index (χ1n) is 9.36. The minimum Gasteiger partial charge on any atom is -0.426 e. The van der Waals surface area contributed by atoms with Gasteiger partial charge in [0.05, 0.1) is 5.56 Å². The van der Waals surface area contributed by atoms with Gasteiger partial charge in [0.2, 0.25) is 0 Å². The molecular weight excluding hydrogens is 417 g/mol. The SMILES string of the molecule is CC1CCC(c2ccc(OC(F)(F)c3ccc(OC(F)(F)F)c(F)c3)c(F)c2)CC1. The monoisotopic (exact) mass is 436 g/mol. The van der Waals surface area contributed by atoms with Gasteiger partial charge in [-0.15, -0.1) is 13.2 Å². The summed E-state index contributed by atoms with van der Waals surface area (Å²) in [6, 6.07) is 4.80. The van der Waals surface area contributed by atoms with Crippen LogP contribution in [-0.4, -0.2) is 6.36 Å². The minimum atomic E-state index is -5.18. The van der Waals surface area contributed by atoms with Gasteiger partial charge in [-0.3, -0.25) is 0 Å². The summed E-state index contributed by atoms with van der Waals surface area (Å²) < 4.78 is 101. The lowest BCUT2D eigenvalue weighted by molar-refractivity contribution is -0.275. The maximum Gasteiger partial charge on any atom is 0.573 e. The fraction of sp³-hybridized carbons (Fsp3) is 0.429.